The van der Waals surface area contributed by atoms with E-state index in [1.165, 1.54) is 0 Å². The molecule has 1 aromatic rings. The zero-order valence-electron chi connectivity index (χ0n) is 13.1. The van der Waals surface area contributed by atoms with Crippen molar-refractivity contribution in [2.45, 2.75) is 38.3 Å². The lowest BCUT2D eigenvalue weighted by Gasteiger charge is -2.32. The van der Waals surface area contributed by atoms with Crippen LogP contribution in [0.3, 0.4) is 0 Å². The number of para-hydroxylation sites is 1. The van der Waals surface area contributed by atoms with E-state index < -0.39 is 5.54 Å². The second-order valence-electron chi connectivity index (χ2n) is 5.67. The number of carbonyl (C=O) groups is 1. The van der Waals surface area contributed by atoms with Gasteiger partial charge in [0.1, 0.15) is 11.9 Å². The zero-order valence-corrected chi connectivity index (χ0v) is 13.9. The molecular formula is C16H25ClN2O3. The number of carbonyl (C=O) groups excluding carboxylic acids is 1. The molecule has 1 aromatic carbocycles. The lowest BCUT2D eigenvalue weighted by molar-refractivity contribution is -0.130. The Bertz CT molecular complexity index is 490. The number of halogens is 1. The maximum Gasteiger partial charge on any atom is 0.240 e. The van der Waals surface area contributed by atoms with E-state index in [9.17, 15) is 4.79 Å². The van der Waals surface area contributed by atoms with Crippen LogP contribution in [-0.2, 0) is 9.53 Å². The van der Waals surface area contributed by atoms with Crippen LogP contribution in [0.4, 0.5) is 0 Å². The monoisotopic (exact) mass is 328 g/mol. The Morgan fingerprint density at radius 2 is 2.05 bits per heavy atom. The third-order valence-corrected chi connectivity index (χ3v) is 3.81. The van der Waals surface area contributed by atoms with Crippen LogP contribution >= 0.6 is 12.4 Å². The van der Waals surface area contributed by atoms with E-state index in [0.29, 0.717) is 32.6 Å². The van der Waals surface area contributed by atoms with Crippen LogP contribution in [0.5, 0.6) is 5.75 Å². The van der Waals surface area contributed by atoms with Gasteiger partial charge >= 0.3 is 0 Å². The van der Waals surface area contributed by atoms with Crippen molar-refractivity contribution in [2.75, 3.05) is 19.8 Å². The molecule has 1 aliphatic rings. The van der Waals surface area contributed by atoms with Crippen molar-refractivity contribution < 1.29 is 14.3 Å². The fraction of sp³-hybridized carbons (Fsp3) is 0.562. The third-order valence-electron chi connectivity index (χ3n) is 3.81. The van der Waals surface area contributed by atoms with Crippen molar-refractivity contribution in [1.82, 2.24) is 5.32 Å². The number of aryl methyl sites for hydroxylation is 1. The summed E-state index contributed by atoms with van der Waals surface area (Å²) in [6.45, 7) is 5.45. The van der Waals surface area contributed by atoms with Crippen LogP contribution in [0, 0.1) is 6.92 Å². The van der Waals surface area contributed by atoms with E-state index >= 15 is 0 Å². The Hall–Kier alpha value is -1.30. The molecule has 1 saturated heterocycles. The molecule has 3 N–H and O–H groups in total. The molecule has 1 aliphatic heterocycles. The summed E-state index contributed by atoms with van der Waals surface area (Å²) in [5.74, 6) is 0.721. The van der Waals surface area contributed by atoms with Gasteiger partial charge in [-0.3, -0.25) is 4.79 Å². The molecule has 0 saturated carbocycles. The summed E-state index contributed by atoms with van der Waals surface area (Å²) in [6, 6.07) is 7.83. The molecule has 124 valence electrons. The van der Waals surface area contributed by atoms with Crippen molar-refractivity contribution in [2.24, 2.45) is 5.73 Å². The quantitative estimate of drug-likeness (QED) is 0.864. The standard InChI is InChI=1S/C16H24N2O3.ClH/c1-12-5-3-4-6-14(12)21-13(2)11-18-15(19)16(17)7-9-20-10-8-16;/h3-6,13H,7-11,17H2,1-2H3,(H,18,19);1H. The molecule has 0 aromatic heterocycles. The lowest BCUT2D eigenvalue weighted by atomic mass is 9.90. The van der Waals surface area contributed by atoms with Crippen molar-refractivity contribution >= 4 is 18.3 Å². The normalized spacial score (nSPS) is 18.0. The van der Waals surface area contributed by atoms with Gasteiger partial charge in [-0.1, -0.05) is 18.2 Å². The molecule has 0 spiro atoms. The number of hydrogen-bond donors (Lipinski definition) is 2. The Morgan fingerprint density at radius 1 is 1.41 bits per heavy atom. The minimum absolute atomic E-state index is 0. The van der Waals surface area contributed by atoms with Gasteiger partial charge in [0, 0.05) is 13.2 Å². The Morgan fingerprint density at radius 3 is 2.68 bits per heavy atom. The van der Waals surface area contributed by atoms with Gasteiger partial charge in [-0.25, -0.2) is 0 Å². The summed E-state index contributed by atoms with van der Waals surface area (Å²) in [7, 11) is 0. The van der Waals surface area contributed by atoms with Gasteiger partial charge < -0.3 is 20.5 Å². The number of nitrogens with two attached hydrogens (primary N) is 1. The average Bonchev–Trinajstić information content (AvgIpc) is 2.48. The van der Waals surface area contributed by atoms with Crippen LogP contribution in [0.1, 0.15) is 25.3 Å². The molecule has 0 radical (unpaired) electrons. The molecule has 1 heterocycles. The van der Waals surface area contributed by atoms with Gasteiger partial charge in [0.15, 0.2) is 0 Å². The van der Waals surface area contributed by atoms with Gasteiger partial charge in [0.25, 0.3) is 0 Å². The number of nitrogens with one attached hydrogen (secondary N) is 1. The highest BCUT2D eigenvalue weighted by Crippen LogP contribution is 2.19. The highest BCUT2D eigenvalue weighted by atomic mass is 35.5. The molecule has 1 fully saturated rings. The van der Waals surface area contributed by atoms with Gasteiger partial charge in [-0.2, -0.15) is 0 Å². The predicted octanol–water partition coefficient (Wildman–Crippen LogP) is 1.81. The summed E-state index contributed by atoms with van der Waals surface area (Å²) in [5, 5.41) is 2.89. The molecular weight excluding hydrogens is 304 g/mol. The minimum atomic E-state index is -0.805. The highest BCUT2D eigenvalue weighted by molar-refractivity contribution is 5.86. The second kappa shape index (κ2) is 8.36. The van der Waals surface area contributed by atoms with Crippen LogP contribution in [0.15, 0.2) is 24.3 Å². The van der Waals surface area contributed by atoms with Gasteiger partial charge in [-0.15, -0.1) is 12.4 Å². The molecule has 5 nitrogen and oxygen atoms in total. The van der Waals surface area contributed by atoms with Gasteiger partial charge in [0.05, 0.1) is 12.1 Å². The molecule has 1 unspecified atom stereocenters. The predicted molar refractivity (Wildman–Crippen MR) is 88.5 cm³/mol. The van der Waals surface area contributed by atoms with E-state index in [-0.39, 0.29) is 24.4 Å². The Kier molecular flexibility index (Phi) is 7.13. The topological polar surface area (TPSA) is 73.6 Å². The van der Waals surface area contributed by atoms with E-state index in [1.807, 2.05) is 38.1 Å². The van der Waals surface area contributed by atoms with Crippen LogP contribution in [0.2, 0.25) is 0 Å². The Labute approximate surface area is 138 Å². The second-order valence-corrected chi connectivity index (χ2v) is 5.67. The summed E-state index contributed by atoms with van der Waals surface area (Å²) in [5.41, 5.74) is 6.41. The number of benzene rings is 1. The van der Waals surface area contributed by atoms with Crippen LogP contribution < -0.4 is 15.8 Å². The summed E-state index contributed by atoms with van der Waals surface area (Å²) >= 11 is 0. The third kappa shape index (κ3) is 4.87. The molecule has 22 heavy (non-hydrogen) atoms. The zero-order chi connectivity index (χ0) is 15.3. The van der Waals surface area contributed by atoms with Crippen molar-refractivity contribution in [1.29, 1.82) is 0 Å². The summed E-state index contributed by atoms with van der Waals surface area (Å²) in [4.78, 5) is 12.2. The molecule has 1 atom stereocenters. The van der Waals surface area contributed by atoms with E-state index in [2.05, 4.69) is 5.32 Å². The van der Waals surface area contributed by atoms with Crippen molar-refractivity contribution in [3.8, 4) is 5.75 Å². The first-order valence-electron chi connectivity index (χ1n) is 7.38. The van der Waals surface area contributed by atoms with E-state index in [1.54, 1.807) is 0 Å². The highest BCUT2D eigenvalue weighted by Gasteiger charge is 2.35. The maximum absolute atomic E-state index is 12.2. The van der Waals surface area contributed by atoms with Gasteiger partial charge in [0.2, 0.25) is 5.91 Å². The van der Waals surface area contributed by atoms with E-state index in [0.717, 1.165) is 11.3 Å². The molecule has 1 amide bonds. The summed E-state index contributed by atoms with van der Waals surface area (Å²) in [6.07, 6.45) is 1.01. The smallest absolute Gasteiger partial charge is 0.240 e. The number of ether oxygens (including phenoxy) is 2. The first-order valence-corrected chi connectivity index (χ1v) is 7.38. The fourth-order valence-electron chi connectivity index (χ4n) is 2.32. The first-order chi connectivity index (χ1) is 10.0. The SMILES string of the molecule is Cc1ccccc1OC(C)CNC(=O)C1(N)CCOCC1.Cl. The Balaban J connectivity index is 0.00000242. The fourth-order valence-corrected chi connectivity index (χ4v) is 2.32. The largest absolute Gasteiger partial charge is 0.489 e. The molecule has 2 rings (SSSR count). The molecule has 6 heteroatoms. The van der Waals surface area contributed by atoms with Crippen LogP contribution in [0.25, 0.3) is 0 Å². The summed E-state index contributed by atoms with van der Waals surface area (Å²) < 4.78 is 11.1. The minimum Gasteiger partial charge on any atom is -0.489 e. The number of amides is 1. The first kappa shape index (κ1) is 18.7. The van der Waals surface area contributed by atoms with E-state index in [4.69, 9.17) is 15.2 Å². The number of hydrogen-bond acceptors (Lipinski definition) is 4. The molecule has 0 aliphatic carbocycles. The maximum atomic E-state index is 12.2. The number of rotatable bonds is 5. The average molecular weight is 329 g/mol. The lowest BCUT2D eigenvalue weighted by Crippen LogP contribution is -2.57. The van der Waals surface area contributed by atoms with Crippen LogP contribution in [-0.4, -0.2) is 37.3 Å². The van der Waals surface area contributed by atoms with Crippen molar-refractivity contribution in [3.05, 3.63) is 29.8 Å². The van der Waals surface area contributed by atoms with Gasteiger partial charge in [-0.05, 0) is 38.3 Å². The van der Waals surface area contributed by atoms with Crippen molar-refractivity contribution in [3.63, 3.8) is 0 Å². The molecule has 0 bridgehead atoms.